The number of ether oxygens (including phenoxy) is 1. The van der Waals surface area contributed by atoms with Gasteiger partial charge in [-0.05, 0) is 6.42 Å². The van der Waals surface area contributed by atoms with Crippen molar-refractivity contribution in [1.29, 1.82) is 0 Å². The van der Waals surface area contributed by atoms with Gasteiger partial charge in [-0.2, -0.15) is 0 Å². The molecule has 0 saturated carbocycles. The summed E-state index contributed by atoms with van der Waals surface area (Å²) >= 11 is 0. The van der Waals surface area contributed by atoms with Gasteiger partial charge in [0, 0.05) is 7.05 Å². The van der Waals surface area contributed by atoms with Crippen LogP contribution in [0.15, 0.2) is 0 Å². The molecule has 94 valence electrons. The molecule has 0 aromatic heterocycles. The van der Waals surface area contributed by atoms with E-state index in [4.69, 9.17) is 4.74 Å². The highest BCUT2D eigenvalue weighted by atomic mass is 16.5. The van der Waals surface area contributed by atoms with Crippen LogP contribution in [0.1, 0.15) is 19.8 Å². The first-order valence-electron chi connectivity index (χ1n) is 5.28. The molecule has 7 heteroatoms. The van der Waals surface area contributed by atoms with E-state index in [0.717, 1.165) is 6.42 Å². The minimum atomic E-state index is -0.995. The minimum absolute atomic E-state index is 0.245. The van der Waals surface area contributed by atoms with Crippen molar-refractivity contribution >= 4 is 23.8 Å². The van der Waals surface area contributed by atoms with E-state index in [2.05, 4.69) is 0 Å². The van der Waals surface area contributed by atoms with Crippen molar-refractivity contribution in [2.75, 3.05) is 20.2 Å². The van der Waals surface area contributed by atoms with E-state index in [1.165, 1.54) is 7.05 Å². The molecule has 0 bridgehead atoms. The highest BCUT2D eigenvalue weighted by Gasteiger charge is 2.43. The van der Waals surface area contributed by atoms with E-state index in [1.807, 2.05) is 6.92 Å². The maximum Gasteiger partial charge on any atom is 0.334 e. The van der Waals surface area contributed by atoms with Gasteiger partial charge in [-0.25, -0.2) is 9.69 Å². The van der Waals surface area contributed by atoms with E-state index >= 15 is 0 Å². The quantitative estimate of drug-likeness (QED) is 0.287. The second kappa shape index (κ2) is 5.42. The van der Waals surface area contributed by atoms with Crippen molar-refractivity contribution in [3.05, 3.63) is 0 Å². The summed E-state index contributed by atoms with van der Waals surface area (Å²) in [6, 6.07) is -0.799. The number of esters is 1. The van der Waals surface area contributed by atoms with Crippen LogP contribution in [0.3, 0.4) is 0 Å². The first-order chi connectivity index (χ1) is 7.99. The van der Waals surface area contributed by atoms with Crippen LogP contribution < -0.4 is 0 Å². The average molecular weight is 242 g/mol. The summed E-state index contributed by atoms with van der Waals surface area (Å²) < 4.78 is 4.80. The molecule has 0 unspecified atom stereocenters. The fourth-order valence-corrected chi connectivity index (χ4v) is 1.26. The standard InChI is InChI=1S/C10H14N2O5/c1-3-4-5-17-7(13)6-12-9(15)8(14)11(2)10(12)16/h3-6H2,1-2H3. The van der Waals surface area contributed by atoms with Crippen molar-refractivity contribution in [1.82, 2.24) is 9.80 Å². The summed E-state index contributed by atoms with van der Waals surface area (Å²) in [4.78, 5) is 46.3. The number of hydrogen-bond donors (Lipinski definition) is 0. The van der Waals surface area contributed by atoms with Crippen LogP contribution in [0.4, 0.5) is 4.79 Å². The van der Waals surface area contributed by atoms with Gasteiger partial charge in [0.1, 0.15) is 6.54 Å². The van der Waals surface area contributed by atoms with Gasteiger partial charge in [-0.15, -0.1) is 0 Å². The van der Waals surface area contributed by atoms with Gasteiger partial charge in [0.2, 0.25) is 0 Å². The molecule has 0 spiro atoms. The van der Waals surface area contributed by atoms with Gasteiger partial charge in [0.25, 0.3) is 0 Å². The highest BCUT2D eigenvalue weighted by Crippen LogP contribution is 2.09. The maximum absolute atomic E-state index is 11.4. The smallest absolute Gasteiger partial charge is 0.334 e. The molecule has 0 aliphatic carbocycles. The van der Waals surface area contributed by atoms with E-state index < -0.39 is 30.4 Å². The Labute approximate surface area is 98.3 Å². The molecule has 0 aromatic carbocycles. The predicted octanol–water partition coefficient (Wildman–Crippen LogP) is -0.250. The lowest BCUT2D eigenvalue weighted by Crippen LogP contribution is -2.37. The van der Waals surface area contributed by atoms with Crippen molar-refractivity contribution in [3.8, 4) is 0 Å². The van der Waals surface area contributed by atoms with Crippen LogP contribution in [-0.4, -0.2) is 53.8 Å². The van der Waals surface area contributed by atoms with E-state index in [-0.39, 0.29) is 6.61 Å². The summed E-state index contributed by atoms with van der Waals surface area (Å²) in [6.45, 7) is 1.67. The molecular formula is C10H14N2O5. The monoisotopic (exact) mass is 242 g/mol. The molecule has 7 nitrogen and oxygen atoms in total. The number of rotatable bonds is 5. The number of hydrogen-bond acceptors (Lipinski definition) is 5. The minimum Gasteiger partial charge on any atom is -0.464 e. The number of carbonyl (C=O) groups excluding carboxylic acids is 4. The molecule has 4 amide bonds. The van der Waals surface area contributed by atoms with Crippen molar-refractivity contribution < 1.29 is 23.9 Å². The van der Waals surface area contributed by atoms with Crippen LogP contribution in [0.25, 0.3) is 0 Å². The number of unbranched alkanes of at least 4 members (excludes halogenated alkanes) is 1. The molecule has 1 aliphatic rings. The normalized spacial score (nSPS) is 15.8. The molecule has 1 saturated heterocycles. The van der Waals surface area contributed by atoms with Crippen LogP contribution in [0.2, 0.25) is 0 Å². The Morgan fingerprint density at radius 1 is 1.24 bits per heavy atom. The first kappa shape index (κ1) is 13.1. The summed E-state index contributed by atoms with van der Waals surface area (Å²) in [5, 5.41) is 0. The summed E-state index contributed by atoms with van der Waals surface area (Å²) in [5.41, 5.74) is 0. The zero-order valence-corrected chi connectivity index (χ0v) is 9.76. The summed E-state index contributed by atoms with van der Waals surface area (Å²) in [6.07, 6.45) is 1.59. The Morgan fingerprint density at radius 3 is 2.35 bits per heavy atom. The number of carbonyl (C=O) groups is 4. The Hall–Kier alpha value is -1.92. The Kier molecular flexibility index (Phi) is 4.19. The summed E-state index contributed by atoms with van der Waals surface area (Å²) in [5.74, 6) is -2.62. The number of imide groups is 2. The third-order valence-corrected chi connectivity index (χ3v) is 2.30. The second-order valence-corrected chi connectivity index (χ2v) is 3.61. The van der Waals surface area contributed by atoms with Gasteiger partial charge >= 0.3 is 23.8 Å². The molecule has 0 aromatic rings. The van der Waals surface area contributed by atoms with Gasteiger partial charge < -0.3 is 4.74 Å². The largest absolute Gasteiger partial charge is 0.464 e. The lowest BCUT2D eigenvalue weighted by molar-refractivity contribution is -0.149. The van der Waals surface area contributed by atoms with E-state index in [9.17, 15) is 19.2 Å². The molecule has 1 rings (SSSR count). The van der Waals surface area contributed by atoms with Gasteiger partial charge in [-0.3, -0.25) is 19.3 Å². The van der Waals surface area contributed by atoms with E-state index in [0.29, 0.717) is 16.2 Å². The molecule has 1 heterocycles. The number of nitrogens with zero attached hydrogens (tertiary/aromatic N) is 2. The van der Waals surface area contributed by atoms with Crippen molar-refractivity contribution in [3.63, 3.8) is 0 Å². The van der Waals surface area contributed by atoms with Crippen molar-refractivity contribution in [2.24, 2.45) is 0 Å². The molecule has 17 heavy (non-hydrogen) atoms. The van der Waals surface area contributed by atoms with E-state index in [1.54, 1.807) is 0 Å². The Bertz CT molecular complexity index is 366. The number of amides is 4. The molecule has 0 radical (unpaired) electrons. The fourth-order valence-electron chi connectivity index (χ4n) is 1.26. The summed E-state index contributed by atoms with van der Waals surface area (Å²) in [7, 11) is 1.19. The number of likely N-dealkylation sites (N-methyl/N-ethyl adjacent to an activating group) is 1. The lowest BCUT2D eigenvalue weighted by Gasteiger charge is -2.11. The first-order valence-corrected chi connectivity index (χ1v) is 5.28. The SMILES string of the molecule is CCCCOC(=O)CN1C(=O)C(=O)N(C)C1=O. The lowest BCUT2D eigenvalue weighted by atomic mass is 10.4. The number of urea groups is 1. The van der Waals surface area contributed by atoms with Crippen LogP contribution in [-0.2, 0) is 19.1 Å². The Morgan fingerprint density at radius 2 is 1.88 bits per heavy atom. The van der Waals surface area contributed by atoms with Gasteiger partial charge in [-0.1, -0.05) is 13.3 Å². The van der Waals surface area contributed by atoms with Crippen LogP contribution >= 0.6 is 0 Å². The van der Waals surface area contributed by atoms with Gasteiger partial charge in [0.05, 0.1) is 6.61 Å². The molecular weight excluding hydrogens is 228 g/mol. The molecule has 0 atom stereocenters. The Balaban J connectivity index is 2.52. The fraction of sp³-hybridized carbons (Fsp3) is 0.600. The zero-order chi connectivity index (χ0) is 13.0. The predicted molar refractivity (Wildman–Crippen MR) is 55.7 cm³/mol. The topological polar surface area (TPSA) is 84.0 Å². The zero-order valence-electron chi connectivity index (χ0n) is 9.76. The molecule has 1 fully saturated rings. The van der Waals surface area contributed by atoms with Crippen LogP contribution in [0.5, 0.6) is 0 Å². The third-order valence-electron chi connectivity index (χ3n) is 2.30. The van der Waals surface area contributed by atoms with Gasteiger partial charge in [0.15, 0.2) is 0 Å². The van der Waals surface area contributed by atoms with Crippen molar-refractivity contribution in [2.45, 2.75) is 19.8 Å². The molecule has 0 N–H and O–H groups in total. The maximum atomic E-state index is 11.4. The van der Waals surface area contributed by atoms with Crippen LogP contribution in [0, 0.1) is 0 Å². The average Bonchev–Trinajstić information content (AvgIpc) is 2.47. The second-order valence-electron chi connectivity index (χ2n) is 3.61. The highest BCUT2D eigenvalue weighted by molar-refractivity contribution is 6.44. The molecule has 1 aliphatic heterocycles. The third kappa shape index (κ3) is 2.80.